The molecule has 0 aliphatic heterocycles. The van der Waals surface area contributed by atoms with Gasteiger partial charge in [-0.05, 0) is 19.9 Å². The molecule has 13 heavy (non-hydrogen) atoms. The average molecular weight is 182 g/mol. The summed E-state index contributed by atoms with van der Waals surface area (Å²) in [5.74, 6) is -0.175. The van der Waals surface area contributed by atoms with E-state index in [-0.39, 0.29) is 12.1 Å². The molecule has 0 bridgehead atoms. The maximum Gasteiger partial charge on any atom is 0.307 e. The quantitative estimate of drug-likeness (QED) is 0.658. The van der Waals surface area contributed by atoms with Crippen LogP contribution in [0.4, 0.5) is 0 Å². The minimum absolute atomic E-state index is 0.0369. The van der Waals surface area contributed by atoms with Gasteiger partial charge in [-0.3, -0.25) is 9.48 Å². The number of ether oxygens (including phenoxy) is 1. The third-order valence-corrected chi connectivity index (χ3v) is 1.47. The second kappa shape index (κ2) is 4.64. The van der Waals surface area contributed by atoms with Gasteiger partial charge < -0.3 is 4.74 Å². The van der Waals surface area contributed by atoms with Gasteiger partial charge in [0.2, 0.25) is 0 Å². The summed E-state index contributed by atoms with van der Waals surface area (Å²) in [6.07, 6.45) is 3.85. The molecule has 1 rings (SSSR count). The maximum absolute atomic E-state index is 11.1. The van der Waals surface area contributed by atoms with Crippen LogP contribution < -0.4 is 0 Å². The van der Waals surface area contributed by atoms with Gasteiger partial charge in [0.05, 0.1) is 19.1 Å². The van der Waals surface area contributed by atoms with Crippen molar-refractivity contribution in [3.05, 3.63) is 18.5 Å². The smallest absolute Gasteiger partial charge is 0.307 e. The standard InChI is InChI=1S/C9H14N2O2/c1-8(2)13-9(12)4-7-11-6-3-5-10-11/h3,5-6,8H,4,7H2,1-2H3. The zero-order valence-corrected chi connectivity index (χ0v) is 7.93. The molecule has 1 aromatic rings. The molecule has 0 fully saturated rings. The van der Waals surface area contributed by atoms with Gasteiger partial charge in [-0.25, -0.2) is 0 Å². The van der Waals surface area contributed by atoms with Crippen LogP contribution in [-0.4, -0.2) is 21.9 Å². The summed E-state index contributed by atoms with van der Waals surface area (Å²) >= 11 is 0. The summed E-state index contributed by atoms with van der Waals surface area (Å²) in [5.41, 5.74) is 0. The van der Waals surface area contributed by atoms with Crippen LogP contribution in [0.15, 0.2) is 18.5 Å². The third-order valence-electron chi connectivity index (χ3n) is 1.47. The Morgan fingerprint density at radius 3 is 2.92 bits per heavy atom. The number of carbonyl (C=O) groups excluding carboxylic acids is 1. The molecule has 0 aliphatic carbocycles. The Morgan fingerprint density at radius 1 is 1.62 bits per heavy atom. The van der Waals surface area contributed by atoms with Gasteiger partial charge in [0.25, 0.3) is 0 Å². The first-order valence-electron chi connectivity index (χ1n) is 4.35. The van der Waals surface area contributed by atoms with Crippen LogP contribution in [0.2, 0.25) is 0 Å². The van der Waals surface area contributed by atoms with Gasteiger partial charge in [-0.15, -0.1) is 0 Å². The lowest BCUT2D eigenvalue weighted by Crippen LogP contribution is -2.13. The molecule has 0 atom stereocenters. The summed E-state index contributed by atoms with van der Waals surface area (Å²) in [4.78, 5) is 11.1. The molecule has 1 aromatic heterocycles. The van der Waals surface area contributed by atoms with E-state index in [0.29, 0.717) is 13.0 Å². The Morgan fingerprint density at radius 2 is 2.38 bits per heavy atom. The van der Waals surface area contributed by atoms with E-state index in [4.69, 9.17) is 4.74 Å². The first-order valence-corrected chi connectivity index (χ1v) is 4.35. The topological polar surface area (TPSA) is 44.1 Å². The summed E-state index contributed by atoms with van der Waals surface area (Å²) in [6, 6.07) is 1.83. The molecule has 72 valence electrons. The lowest BCUT2D eigenvalue weighted by atomic mass is 10.4. The average Bonchev–Trinajstić information content (AvgIpc) is 2.51. The van der Waals surface area contributed by atoms with Crippen LogP contribution in [0.5, 0.6) is 0 Å². The van der Waals surface area contributed by atoms with Crippen molar-refractivity contribution in [3.8, 4) is 0 Å². The molecule has 0 N–H and O–H groups in total. The fourth-order valence-electron chi connectivity index (χ4n) is 0.960. The highest BCUT2D eigenvalue weighted by atomic mass is 16.5. The van der Waals surface area contributed by atoms with E-state index < -0.39 is 0 Å². The first kappa shape index (κ1) is 9.77. The van der Waals surface area contributed by atoms with Crippen molar-refractivity contribution in [1.29, 1.82) is 0 Å². The van der Waals surface area contributed by atoms with E-state index in [1.54, 1.807) is 10.9 Å². The summed E-state index contributed by atoms with van der Waals surface area (Å²) in [7, 11) is 0. The van der Waals surface area contributed by atoms with Gasteiger partial charge in [-0.1, -0.05) is 0 Å². The van der Waals surface area contributed by atoms with Crippen LogP contribution in [0, 0.1) is 0 Å². The van der Waals surface area contributed by atoms with Gasteiger partial charge >= 0.3 is 5.97 Å². The number of hydrogen-bond acceptors (Lipinski definition) is 3. The Labute approximate surface area is 77.5 Å². The largest absolute Gasteiger partial charge is 0.463 e. The number of aromatic nitrogens is 2. The van der Waals surface area contributed by atoms with Crippen molar-refractivity contribution in [3.63, 3.8) is 0 Å². The molecule has 1 heterocycles. The number of nitrogens with zero attached hydrogens (tertiary/aromatic N) is 2. The fourth-order valence-corrected chi connectivity index (χ4v) is 0.960. The number of esters is 1. The van der Waals surface area contributed by atoms with E-state index >= 15 is 0 Å². The number of aryl methyl sites for hydroxylation is 1. The van der Waals surface area contributed by atoms with Crippen molar-refractivity contribution < 1.29 is 9.53 Å². The maximum atomic E-state index is 11.1. The van der Waals surface area contributed by atoms with Crippen LogP contribution in [0.1, 0.15) is 20.3 Å². The van der Waals surface area contributed by atoms with E-state index in [9.17, 15) is 4.79 Å². The normalized spacial score (nSPS) is 10.4. The number of rotatable bonds is 4. The zero-order chi connectivity index (χ0) is 9.68. The lowest BCUT2D eigenvalue weighted by molar-refractivity contribution is -0.147. The van der Waals surface area contributed by atoms with Crippen LogP contribution in [-0.2, 0) is 16.1 Å². The van der Waals surface area contributed by atoms with Crippen molar-refractivity contribution >= 4 is 5.97 Å². The monoisotopic (exact) mass is 182 g/mol. The van der Waals surface area contributed by atoms with Crippen molar-refractivity contribution in [2.24, 2.45) is 0 Å². The zero-order valence-electron chi connectivity index (χ0n) is 7.93. The second-order valence-electron chi connectivity index (χ2n) is 3.06. The van der Waals surface area contributed by atoms with E-state index in [1.165, 1.54) is 0 Å². The predicted octanol–water partition coefficient (Wildman–Crippen LogP) is 1.22. The SMILES string of the molecule is CC(C)OC(=O)CCn1cccn1. The Balaban J connectivity index is 2.23. The highest BCUT2D eigenvalue weighted by Crippen LogP contribution is 1.95. The Kier molecular flexibility index (Phi) is 3.49. The van der Waals surface area contributed by atoms with Gasteiger partial charge in [0.15, 0.2) is 0 Å². The van der Waals surface area contributed by atoms with Gasteiger partial charge in [0, 0.05) is 12.4 Å². The minimum atomic E-state index is -0.175. The predicted molar refractivity (Wildman–Crippen MR) is 48.1 cm³/mol. The molecule has 0 aliphatic rings. The molecule has 0 saturated heterocycles. The molecule has 0 unspecified atom stereocenters. The Hall–Kier alpha value is -1.32. The molecule has 4 nitrogen and oxygen atoms in total. The molecule has 0 spiro atoms. The van der Waals surface area contributed by atoms with Crippen molar-refractivity contribution in [2.45, 2.75) is 32.9 Å². The minimum Gasteiger partial charge on any atom is -0.463 e. The molecular weight excluding hydrogens is 168 g/mol. The highest BCUT2D eigenvalue weighted by Gasteiger charge is 2.04. The first-order chi connectivity index (χ1) is 6.18. The van der Waals surface area contributed by atoms with Gasteiger partial charge in [-0.2, -0.15) is 5.10 Å². The Bertz CT molecular complexity index is 255. The second-order valence-corrected chi connectivity index (χ2v) is 3.06. The summed E-state index contributed by atoms with van der Waals surface area (Å²) in [5, 5.41) is 3.98. The van der Waals surface area contributed by atoms with Crippen LogP contribution >= 0.6 is 0 Å². The van der Waals surface area contributed by atoms with E-state index in [2.05, 4.69) is 5.10 Å². The fraction of sp³-hybridized carbons (Fsp3) is 0.556. The molecule has 0 radical (unpaired) electrons. The van der Waals surface area contributed by atoms with E-state index in [0.717, 1.165) is 0 Å². The summed E-state index contributed by atoms with van der Waals surface area (Å²) < 4.78 is 6.68. The number of hydrogen-bond donors (Lipinski definition) is 0. The van der Waals surface area contributed by atoms with Crippen molar-refractivity contribution in [1.82, 2.24) is 9.78 Å². The van der Waals surface area contributed by atoms with Crippen molar-refractivity contribution in [2.75, 3.05) is 0 Å². The molecule has 0 amide bonds. The lowest BCUT2D eigenvalue weighted by Gasteiger charge is -2.07. The number of carbonyl (C=O) groups is 1. The van der Waals surface area contributed by atoms with Gasteiger partial charge in [0.1, 0.15) is 0 Å². The van der Waals surface area contributed by atoms with E-state index in [1.807, 2.05) is 26.1 Å². The third kappa shape index (κ3) is 3.73. The molecule has 0 aromatic carbocycles. The van der Waals surface area contributed by atoms with Crippen LogP contribution in [0.3, 0.4) is 0 Å². The molecule has 4 heteroatoms. The summed E-state index contributed by atoms with van der Waals surface area (Å²) in [6.45, 7) is 4.26. The molecule has 0 saturated carbocycles. The van der Waals surface area contributed by atoms with Crippen LogP contribution in [0.25, 0.3) is 0 Å². The molecular formula is C9H14N2O2. The highest BCUT2D eigenvalue weighted by molar-refractivity contribution is 5.69.